The van der Waals surface area contributed by atoms with E-state index in [1.807, 2.05) is 77.5 Å². The SMILES string of the molecule is CC.CCC1CC(=O)c2ccsc2C1.CCO.CCO.COCC1CC(=O)c2ccsc2C1.O=C1CC(CO)Cc2sccc21.O=C1C[CH-]Cc2sccc21.OCC1Cc2sccc2C(O)C1.[W]. The Morgan fingerprint density at radius 3 is 1.37 bits per heavy atom. The minimum atomic E-state index is -0.350. The second-order valence-electron chi connectivity index (χ2n) is 16.2. The predicted octanol–water partition coefficient (Wildman–Crippen LogP) is 11.0. The maximum absolute atomic E-state index is 11.6. The number of rotatable bonds is 5. The van der Waals surface area contributed by atoms with Gasteiger partial charge in [-0.05, 0) is 137 Å². The van der Waals surface area contributed by atoms with E-state index in [1.165, 1.54) is 19.5 Å². The van der Waals surface area contributed by atoms with Gasteiger partial charge in [-0.15, -0.1) is 58.2 Å². The monoisotopic (exact) mass is 1200 g/mol. The molecule has 16 heteroatoms. The van der Waals surface area contributed by atoms with Crippen LogP contribution in [0.3, 0.4) is 0 Å². The van der Waals surface area contributed by atoms with Gasteiger partial charge in [0.15, 0.2) is 17.3 Å². The molecule has 0 aromatic carbocycles. The van der Waals surface area contributed by atoms with Crippen LogP contribution >= 0.6 is 56.7 Å². The topological polar surface area (TPSA) is 179 Å². The van der Waals surface area contributed by atoms with Gasteiger partial charge in [0.25, 0.3) is 0 Å². The van der Waals surface area contributed by atoms with Crippen LogP contribution in [0, 0.1) is 30.1 Å². The fourth-order valence-electron chi connectivity index (χ4n) is 8.06. The van der Waals surface area contributed by atoms with Gasteiger partial charge in [-0.2, -0.15) is 11.3 Å². The van der Waals surface area contributed by atoms with Gasteiger partial charge in [-0.1, -0.05) is 27.2 Å². The second-order valence-corrected chi connectivity index (χ2v) is 21.2. The molecule has 0 amide bonds. The molecule has 0 fully saturated rings. The van der Waals surface area contributed by atoms with Crippen molar-refractivity contribution in [1.82, 2.24) is 0 Å². The molecule has 376 valence electrons. The van der Waals surface area contributed by atoms with Crippen LogP contribution in [0.2, 0.25) is 0 Å². The van der Waals surface area contributed by atoms with Crippen LogP contribution in [0.4, 0.5) is 0 Å². The van der Waals surface area contributed by atoms with Gasteiger partial charge in [0, 0.05) is 122 Å². The summed E-state index contributed by atoms with van der Waals surface area (Å²) in [5.74, 6) is 2.51. The van der Waals surface area contributed by atoms with Crippen molar-refractivity contribution in [1.29, 1.82) is 0 Å². The molecule has 0 spiro atoms. The first-order valence-corrected chi connectivity index (χ1v) is 27.7. The second kappa shape index (κ2) is 34.1. The molecule has 10 rings (SSSR count). The third kappa shape index (κ3) is 19.0. The molecule has 0 aliphatic heterocycles. The molecular weight excluding hydrogens is 1130 g/mol. The van der Waals surface area contributed by atoms with Crippen molar-refractivity contribution < 1.29 is 70.5 Å². The maximum Gasteiger partial charge on any atom is 0.164 e. The van der Waals surface area contributed by atoms with E-state index in [0.29, 0.717) is 49.9 Å². The quantitative estimate of drug-likeness (QED) is 0.106. The molecule has 5 aromatic heterocycles. The molecule has 0 radical (unpaired) electrons. The zero-order chi connectivity index (χ0) is 49.3. The number of hydrogen-bond donors (Lipinski definition) is 5. The first-order valence-electron chi connectivity index (χ1n) is 23.3. The summed E-state index contributed by atoms with van der Waals surface area (Å²) in [6.07, 6.45) is 11.0. The maximum atomic E-state index is 11.6. The standard InChI is InChI=1S/C10H12O2S.C10H12OS.C9H12O2S.C9H10O2S.C8H7OS.2C2H6O.C2H6.W/c1-12-6-7-4-9(11)8-2-3-13-10(8)5-7;1-2-7-5-9(11)8-3-4-12-10(8)6-7;2*10-5-6-3-8(11)7-1-2-12-9(7)4-6;9-7-2-1-3-8-6(7)4-5-10-8;2*1-2-3;1-2;/h2-3,7H,4-6H2,1H3;3-4,7H,2,5-6H2,1H3;1-2,6,8,10-11H,3-5H2;1-2,6,10H,3-5H2;1,4-5H,2-3H2;2*3H,2H2,1H3;1-2H3;/q;;;;-1;;;;. The summed E-state index contributed by atoms with van der Waals surface area (Å²) in [6, 6.07) is 9.70. The van der Waals surface area contributed by atoms with E-state index in [2.05, 4.69) is 6.92 Å². The number of fused-ring (bicyclic) bond motifs is 5. The molecule has 5 atom stereocenters. The van der Waals surface area contributed by atoms with E-state index in [0.717, 1.165) is 77.6 Å². The van der Waals surface area contributed by atoms with Gasteiger partial charge in [0.2, 0.25) is 0 Å². The van der Waals surface area contributed by atoms with Crippen molar-refractivity contribution in [3.8, 4) is 0 Å². The normalized spacial score (nSPS) is 20.2. The Morgan fingerprint density at radius 2 is 0.912 bits per heavy atom. The number of methoxy groups -OCH3 is 1. The Kier molecular flexibility index (Phi) is 30.9. The third-order valence-electron chi connectivity index (χ3n) is 11.4. The molecule has 5 unspecified atom stereocenters. The average Bonchev–Trinajstić information content (AvgIpc) is 4.19. The first kappa shape index (κ1) is 61.7. The van der Waals surface area contributed by atoms with Gasteiger partial charge in [0.1, 0.15) is 5.78 Å². The largest absolute Gasteiger partial charge is 0.397 e. The molecular formula is C52H71O10S5W-. The summed E-state index contributed by atoms with van der Waals surface area (Å²) < 4.78 is 5.07. The van der Waals surface area contributed by atoms with E-state index in [9.17, 15) is 24.3 Å². The summed E-state index contributed by atoms with van der Waals surface area (Å²) in [6.45, 7) is 11.0. The van der Waals surface area contributed by atoms with E-state index in [1.54, 1.807) is 77.6 Å². The molecule has 5 aromatic rings. The fraction of sp³-hybridized carbons (Fsp3) is 0.519. The van der Waals surface area contributed by atoms with Crippen LogP contribution in [0.15, 0.2) is 57.2 Å². The number of Topliss-reactive ketones (excluding diaryl/α,β-unsaturated/α-hetero) is 4. The Balaban J connectivity index is 0.000000280. The van der Waals surface area contributed by atoms with Crippen molar-refractivity contribution in [2.24, 2.45) is 23.7 Å². The van der Waals surface area contributed by atoms with Crippen molar-refractivity contribution in [2.75, 3.05) is 40.1 Å². The number of aliphatic hydroxyl groups is 5. The molecule has 0 saturated carbocycles. The Labute approximate surface area is 438 Å². The Hall–Kier alpha value is -2.37. The summed E-state index contributed by atoms with van der Waals surface area (Å²) in [5.41, 5.74) is 4.84. The van der Waals surface area contributed by atoms with Gasteiger partial charge in [0.05, 0.1) is 6.10 Å². The Bertz CT molecular complexity index is 2140. The summed E-state index contributed by atoms with van der Waals surface area (Å²) >= 11 is 8.38. The zero-order valence-corrected chi connectivity index (χ0v) is 47.3. The molecule has 10 nitrogen and oxygen atoms in total. The molecule has 5 heterocycles. The molecule has 0 saturated heterocycles. The number of ether oxygens (including phenoxy) is 1. The van der Waals surface area contributed by atoms with Crippen LogP contribution in [0.1, 0.15) is 151 Å². The third-order valence-corrected chi connectivity index (χ3v) is 16.1. The van der Waals surface area contributed by atoms with E-state index in [4.69, 9.17) is 25.2 Å². The Morgan fingerprint density at radius 1 is 0.529 bits per heavy atom. The van der Waals surface area contributed by atoms with Crippen LogP contribution in [-0.4, -0.2) is 88.8 Å². The number of carbonyl (C=O) groups excluding carboxylic acids is 4. The van der Waals surface area contributed by atoms with Crippen LogP contribution < -0.4 is 0 Å². The fourth-order valence-corrected chi connectivity index (χ4v) is 13.0. The minimum Gasteiger partial charge on any atom is -0.397 e. The molecule has 68 heavy (non-hydrogen) atoms. The van der Waals surface area contributed by atoms with Crippen molar-refractivity contribution in [2.45, 2.75) is 111 Å². The first-order chi connectivity index (χ1) is 32.4. The molecule has 5 aliphatic carbocycles. The molecule has 5 N–H and O–H groups in total. The van der Waals surface area contributed by atoms with Crippen LogP contribution in [0.25, 0.3) is 0 Å². The number of hydrogen-bond acceptors (Lipinski definition) is 15. The van der Waals surface area contributed by atoms with E-state index < -0.39 is 0 Å². The van der Waals surface area contributed by atoms with E-state index >= 15 is 0 Å². The predicted molar refractivity (Wildman–Crippen MR) is 277 cm³/mol. The van der Waals surface area contributed by atoms with Crippen LogP contribution in [0.5, 0.6) is 0 Å². The van der Waals surface area contributed by atoms with Crippen molar-refractivity contribution in [3.05, 3.63) is 116 Å². The van der Waals surface area contributed by atoms with E-state index in [-0.39, 0.29) is 82.8 Å². The van der Waals surface area contributed by atoms with Crippen molar-refractivity contribution >= 4 is 79.8 Å². The van der Waals surface area contributed by atoms with Gasteiger partial charge < -0.3 is 36.7 Å². The summed E-state index contributed by atoms with van der Waals surface area (Å²) in [4.78, 5) is 51.8. The zero-order valence-electron chi connectivity index (χ0n) is 40.3. The number of aliphatic hydroxyl groups excluding tert-OH is 5. The summed E-state index contributed by atoms with van der Waals surface area (Å²) in [5, 5.41) is 52.6. The molecule has 0 bridgehead atoms. The summed E-state index contributed by atoms with van der Waals surface area (Å²) in [7, 11) is 1.69. The van der Waals surface area contributed by atoms with Gasteiger partial charge in [-0.25, -0.2) is 0 Å². The average molecular weight is 1200 g/mol. The van der Waals surface area contributed by atoms with Gasteiger partial charge in [-0.3, -0.25) is 19.2 Å². The van der Waals surface area contributed by atoms with Gasteiger partial charge >= 0.3 is 0 Å². The van der Waals surface area contributed by atoms with Crippen molar-refractivity contribution in [3.63, 3.8) is 0 Å². The number of ketones is 4. The molecule has 5 aliphatic rings. The number of thiophene rings is 5. The van der Waals surface area contributed by atoms with Crippen LogP contribution in [-0.2, 0) is 57.9 Å². The number of carbonyl (C=O) groups is 4. The smallest absolute Gasteiger partial charge is 0.164 e. The minimum absolute atomic E-state index is 0.